The Morgan fingerprint density at radius 2 is 2.00 bits per heavy atom. The van der Waals surface area contributed by atoms with E-state index in [0.717, 1.165) is 27.9 Å². The Bertz CT molecular complexity index is 884. The molecule has 0 saturated heterocycles. The molecule has 5 heteroatoms. The largest absolute Gasteiger partial charge is 0.487 e. The van der Waals surface area contributed by atoms with Crippen molar-refractivity contribution in [2.45, 2.75) is 13.0 Å². The van der Waals surface area contributed by atoms with Crippen molar-refractivity contribution in [3.63, 3.8) is 0 Å². The fourth-order valence-electron chi connectivity index (χ4n) is 3.05. The van der Waals surface area contributed by atoms with Crippen LogP contribution in [0.5, 0.6) is 0 Å². The van der Waals surface area contributed by atoms with Crippen molar-refractivity contribution in [3.05, 3.63) is 64.7 Å². The SMILES string of the molecule is NC(=O)Cc1ccc2c(c1)/C(=C1/C(=O)Nc3ccccc31)OC2. The van der Waals surface area contributed by atoms with Crippen LogP contribution >= 0.6 is 0 Å². The zero-order chi connectivity index (χ0) is 16.0. The summed E-state index contributed by atoms with van der Waals surface area (Å²) in [6, 6.07) is 13.2. The number of nitrogens with one attached hydrogen (secondary N) is 1. The van der Waals surface area contributed by atoms with Gasteiger partial charge in [0.1, 0.15) is 12.4 Å². The molecule has 0 saturated carbocycles. The Morgan fingerprint density at radius 1 is 1.17 bits per heavy atom. The molecule has 2 amide bonds. The van der Waals surface area contributed by atoms with Gasteiger partial charge in [0.05, 0.1) is 12.0 Å². The Labute approximate surface area is 132 Å². The molecule has 0 spiro atoms. The van der Waals surface area contributed by atoms with Gasteiger partial charge in [-0.3, -0.25) is 9.59 Å². The fraction of sp³-hybridized carbons (Fsp3) is 0.111. The summed E-state index contributed by atoms with van der Waals surface area (Å²) in [4.78, 5) is 23.5. The van der Waals surface area contributed by atoms with Crippen LogP contribution in [0.15, 0.2) is 42.5 Å². The summed E-state index contributed by atoms with van der Waals surface area (Å²) in [5, 5.41) is 2.85. The number of ether oxygens (including phenoxy) is 1. The van der Waals surface area contributed by atoms with Crippen LogP contribution in [0.2, 0.25) is 0 Å². The third-order valence-corrected chi connectivity index (χ3v) is 4.07. The number of nitrogens with two attached hydrogens (primary N) is 1. The lowest BCUT2D eigenvalue weighted by molar-refractivity contribution is -0.117. The third kappa shape index (κ3) is 2.17. The minimum absolute atomic E-state index is 0.165. The highest BCUT2D eigenvalue weighted by Crippen LogP contribution is 2.41. The molecule has 2 heterocycles. The van der Waals surface area contributed by atoms with Crippen molar-refractivity contribution >= 4 is 28.8 Å². The molecule has 0 aromatic heterocycles. The van der Waals surface area contributed by atoms with Crippen LogP contribution in [-0.4, -0.2) is 11.8 Å². The summed E-state index contributed by atoms with van der Waals surface area (Å²) >= 11 is 0. The normalized spacial score (nSPS) is 18.2. The lowest BCUT2D eigenvalue weighted by Crippen LogP contribution is -2.13. The fourth-order valence-corrected chi connectivity index (χ4v) is 3.05. The number of fused-ring (bicyclic) bond motifs is 2. The number of rotatable bonds is 2. The molecule has 5 nitrogen and oxygen atoms in total. The van der Waals surface area contributed by atoms with E-state index in [1.54, 1.807) is 0 Å². The number of hydrogen-bond donors (Lipinski definition) is 2. The number of para-hydroxylation sites is 1. The predicted octanol–water partition coefficient (Wildman–Crippen LogP) is 2.06. The standard InChI is InChI=1S/C18H14N2O3/c19-15(21)8-10-5-6-11-9-23-17(13(11)7-10)16-12-3-1-2-4-14(12)20-18(16)22/h1-7H,8-9H2,(H2,19,21)(H,20,22)/b17-16-. The Balaban J connectivity index is 1.87. The van der Waals surface area contributed by atoms with Gasteiger partial charge in [-0.05, 0) is 17.7 Å². The first kappa shape index (κ1) is 13.6. The highest BCUT2D eigenvalue weighted by Gasteiger charge is 2.32. The van der Waals surface area contributed by atoms with E-state index in [0.29, 0.717) is 17.9 Å². The van der Waals surface area contributed by atoms with Crippen molar-refractivity contribution < 1.29 is 14.3 Å². The van der Waals surface area contributed by atoms with Crippen molar-refractivity contribution in [2.24, 2.45) is 5.73 Å². The van der Waals surface area contributed by atoms with E-state index in [1.165, 1.54) is 0 Å². The summed E-state index contributed by atoms with van der Waals surface area (Å²) in [7, 11) is 0. The van der Waals surface area contributed by atoms with E-state index in [9.17, 15) is 9.59 Å². The molecular weight excluding hydrogens is 292 g/mol. The zero-order valence-electron chi connectivity index (χ0n) is 12.3. The first-order valence-electron chi connectivity index (χ1n) is 7.32. The van der Waals surface area contributed by atoms with Gasteiger partial charge in [-0.1, -0.05) is 30.3 Å². The molecule has 2 aromatic carbocycles. The minimum atomic E-state index is -0.387. The summed E-state index contributed by atoms with van der Waals surface area (Å²) in [5.74, 6) is 0.00477. The molecule has 114 valence electrons. The number of benzene rings is 2. The van der Waals surface area contributed by atoms with Crippen LogP contribution < -0.4 is 11.1 Å². The van der Waals surface area contributed by atoms with Crippen LogP contribution in [0.3, 0.4) is 0 Å². The number of anilines is 1. The van der Waals surface area contributed by atoms with Gasteiger partial charge in [0.2, 0.25) is 5.91 Å². The van der Waals surface area contributed by atoms with Gasteiger partial charge >= 0.3 is 0 Å². The van der Waals surface area contributed by atoms with Crippen LogP contribution in [0.1, 0.15) is 22.3 Å². The molecule has 23 heavy (non-hydrogen) atoms. The number of hydrogen-bond acceptors (Lipinski definition) is 3. The Kier molecular flexibility index (Phi) is 2.94. The molecule has 3 N–H and O–H groups in total. The number of primary amides is 1. The van der Waals surface area contributed by atoms with E-state index >= 15 is 0 Å². The van der Waals surface area contributed by atoms with Crippen LogP contribution in [0.25, 0.3) is 11.3 Å². The van der Waals surface area contributed by atoms with Gasteiger partial charge < -0.3 is 15.8 Å². The maximum Gasteiger partial charge on any atom is 0.260 e. The summed E-state index contributed by atoms with van der Waals surface area (Å²) in [5.41, 5.74) is 10.1. The van der Waals surface area contributed by atoms with Gasteiger partial charge in [0, 0.05) is 22.4 Å². The Hall–Kier alpha value is -3.08. The van der Waals surface area contributed by atoms with Crippen molar-refractivity contribution in [1.82, 2.24) is 0 Å². The molecule has 0 unspecified atom stereocenters. The van der Waals surface area contributed by atoms with Gasteiger partial charge in [0.25, 0.3) is 5.91 Å². The average molecular weight is 306 g/mol. The van der Waals surface area contributed by atoms with Crippen molar-refractivity contribution in [2.75, 3.05) is 5.32 Å². The van der Waals surface area contributed by atoms with Crippen molar-refractivity contribution in [3.8, 4) is 0 Å². The smallest absolute Gasteiger partial charge is 0.260 e. The quantitative estimate of drug-likeness (QED) is 0.833. The summed E-state index contributed by atoms with van der Waals surface area (Å²) in [6.45, 7) is 0.417. The second kappa shape index (κ2) is 4.98. The van der Waals surface area contributed by atoms with E-state index in [2.05, 4.69) is 5.32 Å². The van der Waals surface area contributed by atoms with Crippen LogP contribution in [0, 0.1) is 0 Å². The number of carbonyl (C=O) groups is 2. The van der Waals surface area contributed by atoms with Crippen molar-refractivity contribution in [1.29, 1.82) is 0 Å². The van der Waals surface area contributed by atoms with Crippen LogP contribution in [-0.2, 0) is 27.4 Å². The van der Waals surface area contributed by atoms with E-state index < -0.39 is 0 Å². The maximum absolute atomic E-state index is 12.4. The molecule has 0 bridgehead atoms. The van der Waals surface area contributed by atoms with E-state index in [1.807, 2.05) is 42.5 Å². The predicted molar refractivity (Wildman–Crippen MR) is 86.0 cm³/mol. The van der Waals surface area contributed by atoms with Gasteiger partial charge in [-0.25, -0.2) is 0 Å². The van der Waals surface area contributed by atoms with E-state index in [-0.39, 0.29) is 18.2 Å². The first-order valence-corrected chi connectivity index (χ1v) is 7.32. The maximum atomic E-state index is 12.4. The Morgan fingerprint density at radius 3 is 2.83 bits per heavy atom. The number of amides is 2. The second-order valence-corrected chi connectivity index (χ2v) is 5.63. The highest BCUT2D eigenvalue weighted by atomic mass is 16.5. The monoisotopic (exact) mass is 306 g/mol. The topological polar surface area (TPSA) is 81.4 Å². The first-order chi connectivity index (χ1) is 11.1. The minimum Gasteiger partial charge on any atom is -0.487 e. The summed E-state index contributed by atoms with van der Waals surface area (Å²) in [6.07, 6.45) is 0.165. The molecule has 2 aliphatic heterocycles. The van der Waals surface area contributed by atoms with E-state index in [4.69, 9.17) is 10.5 Å². The van der Waals surface area contributed by atoms with Gasteiger partial charge in [-0.2, -0.15) is 0 Å². The number of carbonyl (C=O) groups excluding carboxylic acids is 2. The molecule has 2 aromatic rings. The average Bonchev–Trinajstić information content (AvgIpc) is 3.06. The molecule has 0 aliphatic carbocycles. The molecule has 2 aliphatic rings. The summed E-state index contributed by atoms with van der Waals surface area (Å²) < 4.78 is 5.80. The molecule has 0 fully saturated rings. The molecule has 0 radical (unpaired) electrons. The molecular formula is C18H14N2O3. The van der Waals surface area contributed by atoms with Gasteiger partial charge in [-0.15, -0.1) is 0 Å². The lowest BCUT2D eigenvalue weighted by Gasteiger charge is -2.06. The van der Waals surface area contributed by atoms with Gasteiger partial charge in [0.15, 0.2) is 0 Å². The molecule has 4 rings (SSSR count). The zero-order valence-corrected chi connectivity index (χ0v) is 12.3. The lowest BCUT2D eigenvalue weighted by atomic mass is 9.98. The highest BCUT2D eigenvalue weighted by molar-refractivity contribution is 6.36. The van der Waals surface area contributed by atoms with Crippen LogP contribution in [0.4, 0.5) is 5.69 Å². The molecule has 0 atom stereocenters. The third-order valence-electron chi connectivity index (χ3n) is 4.07. The second-order valence-electron chi connectivity index (χ2n) is 5.63.